The number of rotatable bonds is 24. The summed E-state index contributed by atoms with van der Waals surface area (Å²) < 4.78 is 22.3. The van der Waals surface area contributed by atoms with E-state index in [9.17, 15) is 14.4 Å². The summed E-state index contributed by atoms with van der Waals surface area (Å²) in [5.41, 5.74) is 3.70. The molecule has 0 spiro atoms. The Labute approximate surface area is 368 Å². The lowest BCUT2D eigenvalue weighted by Gasteiger charge is -2.28. The lowest BCUT2D eigenvalue weighted by molar-refractivity contribution is -0.135. The van der Waals surface area contributed by atoms with Crippen LogP contribution >= 0.6 is 0 Å². The van der Waals surface area contributed by atoms with Crippen LogP contribution in [0.2, 0.25) is 0 Å². The Bertz CT molecular complexity index is 1800. The SMILES string of the molecule is CCCC(=O)Oc1ccc(OCc2ccc(C3CCC(CCCCC(=O)CCCC[C@H]4CC[C@H](c5ccc(COc6ccc(OC(=O)CCC)cc6)nn5)CC4)CC3)nn2)cc1. The molecule has 2 aromatic carbocycles. The molecular formula is C51H66N4O7. The van der Waals surface area contributed by atoms with Gasteiger partial charge in [-0.25, -0.2) is 0 Å². The minimum atomic E-state index is -0.229. The molecule has 0 radical (unpaired) electrons. The smallest absolute Gasteiger partial charge is 0.311 e. The van der Waals surface area contributed by atoms with E-state index in [2.05, 4.69) is 32.5 Å². The first-order valence-corrected chi connectivity index (χ1v) is 23.4. The molecule has 0 aliphatic heterocycles. The molecule has 0 saturated heterocycles. The van der Waals surface area contributed by atoms with Crippen LogP contribution in [0.25, 0.3) is 0 Å². The maximum atomic E-state index is 12.7. The first kappa shape index (κ1) is 46.3. The predicted molar refractivity (Wildman–Crippen MR) is 238 cm³/mol. The molecule has 332 valence electrons. The van der Waals surface area contributed by atoms with Crippen molar-refractivity contribution in [1.29, 1.82) is 0 Å². The highest BCUT2D eigenvalue weighted by atomic mass is 16.5. The average molecular weight is 847 g/mol. The molecule has 2 aliphatic rings. The van der Waals surface area contributed by atoms with Gasteiger partial charge in [0.25, 0.3) is 0 Å². The zero-order valence-corrected chi connectivity index (χ0v) is 36.9. The molecule has 0 unspecified atom stereocenters. The van der Waals surface area contributed by atoms with Crippen molar-refractivity contribution >= 4 is 17.7 Å². The molecule has 2 fully saturated rings. The van der Waals surface area contributed by atoms with Crippen LogP contribution in [0, 0.1) is 11.8 Å². The molecule has 11 heteroatoms. The summed E-state index contributed by atoms with van der Waals surface area (Å²) in [6, 6.07) is 22.3. The second-order valence-corrected chi connectivity index (χ2v) is 17.3. The van der Waals surface area contributed by atoms with Crippen molar-refractivity contribution in [3.63, 3.8) is 0 Å². The molecule has 6 rings (SSSR count). The largest absolute Gasteiger partial charge is 0.487 e. The number of Topliss-reactive ketones (excluding diaryl/α,β-unsaturated/α-hetero) is 1. The van der Waals surface area contributed by atoms with E-state index < -0.39 is 0 Å². The van der Waals surface area contributed by atoms with Gasteiger partial charge in [-0.2, -0.15) is 20.4 Å². The van der Waals surface area contributed by atoms with Crippen molar-refractivity contribution < 1.29 is 33.3 Å². The van der Waals surface area contributed by atoms with Gasteiger partial charge in [-0.1, -0.05) is 39.5 Å². The molecule has 0 amide bonds. The number of hydrogen-bond acceptors (Lipinski definition) is 11. The second kappa shape index (κ2) is 25.1. The predicted octanol–water partition coefficient (Wildman–Crippen LogP) is 11.8. The summed E-state index contributed by atoms with van der Waals surface area (Å²) in [7, 11) is 0. The van der Waals surface area contributed by atoms with Gasteiger partial charge in [0.2, 0.25) is 0 Å². The van der Waals surface area contributed by atoms with E-state index in [4.69, 9.17) is 18.9 Å². The molecule has 0 N–H and O–H groups in total. The van der Waals surface area contributed by atoms with Crippen LogP contribution in [0.15, 0.2) is 72.8 Å². The molecule has 11 nitrogen and oxygen atoms in total. The van der Waals surface area contributed by atoms with Gasteiger partial charge in [0.1, 0.15) is 53.4 Å². The Hall–Kier alpha value is -5.19. The Balaban J connectivity index is 0.760. The van der Waals surface area contributed by atoms with Crippen LogP contribution in [0.1, 0.15) is 177 Å². The third-order valence-corrected chi connectivity index (χ3v) is 12.4. The lowest BCUT2D eigenvalue weighted by Crippen LogP contribution is -2.15. The van der Waals surface area contributed by atoms with Crippen LogP contribution in [0.5, 0.6) is 23.0 Å². The highest BCUT2D eigenvalue weighted by molar-refractivity contribution is 5.78. The number of aromatic nitrogens is 4. The number of ether oxygens (including phenoxy) is 4. The number of hydrogen-bond donors (Lipinski definition) is 0. The van der Waals surface area contributed by atoms with Crippen molar-refractivity contribution in [2.45, 2.75) is 167 Å². The lowest BCUT2D eigenvalue weighted by atomic mass is 9.78. The van der Waals surface area contributed by atoms with Crippen LogP contribution in [0.3, 0.4) is 0 Å². The van der Waals surface area contributed by atoms with Crippen molar-refractivity contribution in [3.05, 3.63) is 95.6 Å². The number of unbranched alkanes of at least 4 members (excludes halogenated alkanes) is 2. The van der Waals surface area contributed by atoms with Gasteiger partial charge in [-0.05, 0) is 162 Å². The fourth-order valence-corrected chi connectivity index (χ4v) is 8.75. The van der Waals surface area contributed by atoms with E-state index in [0.29, 0.717) is 66.7 Å². The van der Waals surface area contributed by atoms with Gasteiger partial charge in [-0.3, -0.25) is 14.4 Å². The first-order chi connectivity index (χ1) is 30.3. The second-order valence-electron chi connectivity index (χ2n) is 17.3. The molecular weight excluding hydrogens is 781 g/mol. The molecule has 2 aliphatic carbocycles. The third-order valence-electron chi connectivity index (χ3n) is 12.4. The van der Waals surface area contributed by atoms with Gasteiger partial charge < -0.3 is 18.9 Å². The molecule has 2 aromatic heterocycles. The highest BCUT2D eigenvalue weighted by Gasteiger charge is 2.25. The van der Waals surface area contributed by atoms with E-state index in [1.807, 2.05) is 26.0 Å². The fourth-order valence-electron chi connectivity index (χ4n) is 8.75. The van der Waals surface area contributed by atoms with Gasteiger partial charge in [0.15, 0.2) is 0 Å². The molecule has 2 heterocycles. The van der Waals surface area contributed by atoms with E-state index in [0.717, 1.165) is 112 Å². The van der Waals surface area contributed by atoms with Gasteiger partial charge in [0, 0.05) is 37.5 Å². The van der Waals surface area contributed by atoms with Crippen molar-refractivity contribution in [3.8, 4) is 23.0 Å². The zero-order valence-electron chi connectivity index (χ0n) is 36.9. The standard InChI is InChI=1S/C51H66N4O7/c1-3-9-50(57)61-46-29-25-44(26-30-46)59-35-41-23-33-48(54-52-41)39-19-15-37(16-20-39)11-5-7-13-43(56)14-8-6-12-38-17-21-40(22-18-38)49-34-24-42(53-55-49)36-60-45-27-31-47(32-28-45)62-51(58)10-4-2/h23-34,37-40H,3-22,35-36H2,1-2H3/t37-,38?,39-,40?. The number of carbonyl (C=O) groups is 3. The van der Waals surface area contributed by atoms with Crippen LogP contribution in [-0.2, 0) is 27.6 Å². The van der Waals surface area contributed by atoms with Crippen LogP contribution in [-0.4, -0.2) is 38.1 Å². The Morgan fingerprint density at radius 3 is 1.21 bits per heavy atom. The molecule has 0 atom stereocenters. The quantitative estimate of drug-likeness (QED) is 0.0378. The van der Waals surface area contributed by atoms with E-state index >= 15 is 0 Å². The van der Waals surface area contributed by atoms with Gasteiger partial charge in [0.05, 0.1) is 11.4 Å². The number of benzene rings is 2. The maximum absolute atomic E-state index is 12.7. The van der Waals surface area contributed by atoms with E-state index in [1.165, 1.54) is 38.5 Å². The Kier molecular flexibility index (Phi) is 18.7. The number of esters is 2. The summed E-state index contributed by atoms with van der Waals surface area (Å²) in [4.78, 5) is 36.1. The molecule has 4 aromatic rings. The third kappa shape index (κ3) is 15.6. The number of ketones is 1. The summed E-state index contributed by atoms with van der Waals surface area (Å²) in [6.45, 7) is 4.55. The highest BCUT2D eigenvalue weighted by Crippen LogP contribution is 2.38. The number of nitrogens with zero attached hydrogens (tertiary/aromatic N) is 4. The summed E-state index contributed by atoms with van der Waals surface area (Å²) in [6.07, 6.45) is 19.9. The fraction of sp³-hybridized carbons (Fsp3) is 0.549. The topological polar surface area (TPSA) is 140 Å². The molecule has 0 bridgehead atoms. The van der Waals surface area contributed by atoms with Crippen molar-refractivity contribution in [1.82, 2.24) is 20.4 Å². The number of carbonyl (C=O) groups excluding carboxylic acids is 3. The monoisotopic (exact) mass is 846 g/mol. The molecule has 62 heavy (non-hydrogen) atoms. The van der Waals surface area contributed by atoms with E-state index in [-0.39, 0.29) is 11.9 Å². The average Bonchev–Trinajstić information content (AvgIpc) is 3.30. The zero-order chi connectivity index (χ0) is 43.4. The van der Waals surface area contributed by atoms with Crippen molar-refractivity contribution in [2.75, 3.05) is 0 Å². The Morgan fingerprint density at radius 1 is 0.468 bits per heavy atom. The summed E-state index contributed by atoms with van der Waals surface area (Å²) in [5, 5.41) is 18.0. The summed E-state index contributed by atoms with van der Waals surface area (Å²) in [5.74, 6) is 4.77. The minimum Gasteiger partial charge on any atom is -0.487 e. The summed E-state index contributed by atoms with van der Waals surface area (Å²) >= 11 is 0. The van der Waals surface area contributed by atoms with Crippen LogP contribution in [0.4, 0.5) is 0 Å². The van der Waals surface area contributed by atoms with Crippen LogP contribution < -0.4 is 18.9 Å². The normalized spacial score (nSPS) is 18.7. The van der Waals surface area contributed by atoms with E-state index in [1.54, 1.807) is 48.5 Å². The van der Waals surface area contributed by atoms with Gasteiger partial charge >= 0.3 is 11.9 Å². The molecule has 2 saturated carbocycles. The first-order valence-electron chi connectivity index (χ1n) is 23.4. The Morgan fingerprint density at radius 2 is 0.855 bits per heavy atom. The van der Waals surface area contributed by atoms with Gasteiger partial charge in [-0.15, -0.1) is 0 Å². The minimum absolute atomic E-state index is 0.229. The maximum Gasteiger partial charge on any atom is 0.311 e. The van der Waals surface area contributed by atoms with Crippen molar-refractivity contribution in [2.24, 2.45) is 11.8 Å².